The van der Waals surface area contributed by atoms with Crippen LogP contribution in [0, 0.1) is 0 Å². The summed E-state index contributed by atoms with van der Waals surface area (Å²) in [6, 6.07) is 22.0. The molecular weight excluding hydrogens is 610 g/mol. The molecule has 4 aromatic rings. The number of halogens is 6. The second-order valence-corrected chi connectivity index (χ2v) is 11.6. The molecule has 242 valence electrons. The number of carbonyl (C=O) groups excluding carboxylic acids is 1. The molecule has 3 aromatic carbocycles. The number of hydrogen-bond acceptors (Lipinski definition) is 5. The molecule has 2 heterocycles. The number of amides is 1. The number of rotatable bonds is 8. The van der Waals surface area contributed by atoms with E-state index in [1.54, 1.807) is 12.1 Å². The number of benzene rings is 3. The number of carbonyl (C=O) groups is 1. The molecule has 0 spiro atoms. The first-order valence-electron chi connectivity index (χ1n) is 15.1. The van der Waals surface area contributed by atoms with Crippen LogP contribution in [0.5, 0.6) is 0 Å². The molecule has 0 saturated carbocycles. The molecule has 0 bridgehead atoms. The summed E-state index contributed by atoms with van der Waals surface area (Å²) >= 11 is 0. The standard InChI is InChI=1S/C34H32F6N4O2/c35-33(36,37)22-41-31(45)46-32(27-9-3-1-7-25(27)26-8-2-4-10-28(26)32)15-5-6-16-43-17-19-44(20-18-43)30-14-11-23-21-24(34(38,39)40)12-13-29(23)42-30/h1-4,7-14,21H,5-6,15-20,22H2,(H,41,45). The summed E-state index contributed by atoms with van der Waals surface area (Å²) in [5.74, 6) is 0.716. The fourth-order valence-corrected chi connectivity index (χ4v) is 6.46. The van der Waals surface area contributed by atoms with Crippen LogP contribution in [0.15, 0.2) is 78.9 Å². The summed E-state index contributed by atoms with van der Waals surface area (Å²) in [4.78, 5) is 21.7. The number of ether oxygens (including phenoxy) is 1. The van der Waals surface area contributed by atoms with Crippen molar-refractivity contribution in [2.75, 3.05) is 44.2 Å². The van der Waals surface area contributed by atoms with Gasteiger partial charge in [-0.2, -0.15) is 26.3 Å². The zero-order valence-corrected chi connectivity index (χ0v) is 24.8. The molecule has 1 N–H and O–H groups in total. The fourth-order valence-electron chi connectivity index (χ4n) is 6.46. The predicted octanol–water partition coefficient (Wildman–Crippen LogP) is 7.76. The third-order valence-electron chi connectivity index (χ3n) is 8.67. The number of unbranched alkanes of at least 4 members (excludes halogenated alkanes) is 1. The van der Waals surface area contributed by atoms with Gasteiger partial charge in [-0.15, -0.1) is 0 Å². The minimum atomic E-state index is -4.56. The van der Waals surface area contributed by atoms with Gasteiger partial charge >= 0.3 is 18.4 Å². The van der Waals surface area contributed by atoms with Crippen LogP contribution in [-0.2, 0) is 16.5 Å². The lowest BCUT2D eigenvalue weighted by Gasteiger charge is -2.36. The number of piperazine rings is 1. The number of fused-ring (bicyclic) bond motifs is 4. The van der Waals surface area contributed by atoms with Crippen molar-refractivity contribution in [1.29, 1.82) is 0 Å². The van der Waals surface area contributed by atoms with Crippen molar-refractivity contribution < 1.29 is 35.9 Å². The maximum absolute atomic E-state index is 13.1. The fraction of sp³-hybridized carbons (Fsp3) is 0.353. The second kappa shape index (κ2) is 12.5. The number of aromatic nitrogens is 1. The van der Waals surface area contributed by atoms with Crippen molar-refractivity contribution in [3.63, 3.8) is 0 Å². The highest BCUT2D eigenvalue weighted by molar-refractivity contribution is 5.82. The van der Waals surface area contributed by atoms with Gasteiger partial charge in [0.25, 0.3) is 0 Å². The van der Waals surface area contributed by atoms with Gasteiger partial charge in [-0.3, -0.25) is 4.90 Å². The molecule has 0 unspecified atom stereocenters. The van der Waals surface area contributed by atoms with Crippen LogP contribution in [-0.4, -0.2) is 61.4 Å². The highest BCUT2D eigenvalue weighted by Crippen LogP contribution is 2.52. The highest BCUT2D eigenvalue weighted by Gasteiger charge is 2.46. The molecule has 1 fully saturated rings. The Morgan fingerprint density at radius 2 is 1.48 bits per heavy atom. The minimum absolute atomic E-state index is 0.400. The van der Waals surface area contributed by atoms with Crippen molar-refractivity contribution >= 4 is 22.8 Å². The number of hydrogen-bond donors (Lipinski definition) is 1. The monoisotopic (exact) mass is 642 g/mol. The normalized spacial score (nSPS) is 16.3. The van der Waals surface area contributed by atoms with Gasteiger partial charge in [0.05, 0.1) is 11.1 Å². The van der Waals surface area contributed by atoms with Crippen molar-refractivity contribution in [3.05, 3.63) is 95.6 Å². The van der Waals surface area contributed by atoms with Crippen LogP contribution in [0.1, 0.15) is 36.0 Å². The van der Waals surface area contributed by atoms with Gasteiger partial charge in [0.2, 0.25) is 0 Å². The number of pyridine rings is 1. The Bertz CT molecular complexity index is 1670. The van der Waals surface area contributed by atoms with Gasteiger partial charge in [-0.05, 0) is 67.3 Å². The highest BCUT2D eigenvalue weighted by atomic mass is 19.4. The Kier molecular flexibility index (Phi) is 8.58. The zero-order valence-electron chi connectivity index (χ0n) is 24.8. The molecule has 2 aliphatic rings. The van der Waals surface area contributed by atoms with Crippen LogP contribution in [0.4, 0.5) is 37.0 Å². The Balaban J connectivity index is 1.08. The first-order chi connectivity index (χ1) is 21.9. The molecule has 0 atom stereocenters. The molecule has 1 saturated heterocycles. The molecule has 6 rings (SSSR count). The molecule has 1 aliphatic carbocycles. The molecule has 1 aromatic heterocycles. The van der Waals surface area contributed by atoms with E-state index in [0.717, 1.165) is 60.4 Å². The van der Waals surface area contributed by atoms with Crippen LogP contribution in [0.25, 0.3) is 22.0 Å². The average molecular weight is 643 g/mol. The van der Waals surface area contributed by atoms with Crippen LogP contribution < -0.4 is 10.2 Å². The Hall–Kier alpha value is -4.32. The van der Waals surface area contributed by atoms with E-state index in [-0.39, 0.29) is 0 Å². The SMILES string of the molecule is O=C(NCC(F)(F)F)OC1(CCCCN2CCN(c3ccc4cc(C(F)(F)F)ccc4n3)CC2)c2ccccc2-c2ccccc21. The lowest BCUT2D eigenvalue weighted by molar-refractivity contribution is -0.137. The summed E-state index contributed by atoms with van der Waals surface area (Å²) in [7, 11) is 0. The Morgan fingerprint density at radius 1 is 0.826 bits per heavy atom. The van der Waals surface area contributed by atoms with E-state index in [4.69, 9.17) is 4.74 Å². The lowest BCUT2D eigenvalue weighted by atomic mass is 9.86. The van der Waals surface area contributed by atoms with E-state index in [2.05, 4.69) is 14.8 Å². The first kappa shape index (κ1) is 31.7. The molecule has 12 heteroatoms. The van der Waals surface area contributed by atoms with Gasteiger partial charge in [0.15, 0.2) is 5.60 Å². The van der Waals surface area contributed by atoms with Crippen molar-refractivity contribution in [3.8, 4) is 11.1 Å². The quantitative estimate of drug-likeness (QED) is 0.157. The van der Waals surface area contributed by atoms with Crippen molar-refractivity contribution in [1.82, 2.24) is 15.2 Å². The number of alkyl carbamates (subject to hydrolysis) is 1. The topological polar surface area (TPSA) is 57.7 Å². The smallest absolute Gasteiger partial charge is 0.416 e. The molecular formula is C34H32F6N4O2. The zero-order chi connectivity index (χ0) is 32.5. The Morgan fingerprint density at radius 3 is 2.11 bits per heavy atom. The summed E-state index contributed by atoms with van der Waals surface area (Å²) in [5, 5.41) is 2.30. The predicted molar refractivity (Wildman–Crippen MR) is 162 cm³/mol. The average Bonchev–Trinajstić information content (AvgIpc) is 3.31. The number of nitrogens with zero attached hydrogens (tertiary/aromatic N) is 3. The van der Waals surface area contributed by atoms with Crippen LogP contribution in [0.2, 0.25) is 0 Å². The number of alkyl halides is 6. The summed E-state index contributed by atoms with van der Waals surface area (Å²) in [6.07, 6.45) is -8.27. The van der Waals surface area contributed by atoms with Gasteiger partial charge in [0.1, 0.15) is 12.4 Å². The maximum atomic E-state index is 13.1. The lowest BCUT2D eigenvalue weighted by Crippen LogP contribution is -2.47. The number of nitrogens with one attached hydrogen (secondary N) is 1. The van der Waals surface area contributed by atoms with Gasteiger partial charge < -0.3 is 15.0 Å². The molecule has 1 aliphatic heterocycles. The third kappa shape index (κ3) is 6.62. The van der Waals surface area contributed by atoms with Crippen LogP contribution >= 0.6 is 0 Å². The van der Waals surface area contributed by atoms with Crippen molar-refractivity contribution in [2.24, 2.45) is 0 Å². The van der Waals surface area contributed by atoms with E-state index in [1.807, 2.05) is 53.8 Å². The maximum Gasteiger partial charge on any atom is 0.416 e. The van der Waals surface area contributed by atoms with Crippen LogP contribution in [0.3, 0.4) is 0 Å². The summed E-state index contributed by atoms with van der Waals surface area (Å²) in [5.41, 5.74) is 1.87. The molecule has 6 nitrogen and oxygen atoms in total. The summed E-state index contributed by atoms with van der Waals surface area (Å²) in [6.45, 7) is 2.22. The molecule has 1 amide bonds. The van der Waals surface area contributed by atoms with E-state index in [0.29, 0.717) is 42.7 Å². The van der Waals surface area contributed by atoms with E-state index >= 15 is 0 Å². The van der Waals surface area contributed by atoms with Gasteiger partial charge in [-0.25, -0.2) is 9.78 Å². The number of anilines is 1. The van der Waals surface area contributed by atoms with Crippen molar-refractivity contribution in [2.45, 2.75) is 37.2 Å². The molecule has 46 heavy (non-hydrogen) atoms. The second-order valence-electron chi connectivity index (χ2n) is 11.6. The molecule has 0 radical (unpaired) electrons. The first-order valence-corrected chi connectivity index (χ1v) is 15.1. The van der Waals surface area contributed by atoms with E-state index in [1.165, 1.54) is 6.07 Å². The Labute approximate surface area is 262 Å². The minimum Gasteiger partial charge on any atom is -0.433 e. The van der Waals surface area contributed by atoms with E-state index < -0.39 is 36.2 Å². The summed E-state index contributed by atoms with van der Waals surface area (Å²) < 4.78 is 83.7. The van der Waals surface area contributed by atoms with Gasteiger partial charge in [-0.1, -0.05) is 48.5 Å². The van der Waals surface area contributed by atoms with E-state index in [9.17, 15) is 31.1 Å². The third-order valence-corrected chi connectivity index (χ3v) is 8.67. The largest absolute Gasteiger partial charge is 0.433 e. The van der Waals surface area contributed by atoms with Gasteiger partial charge in [0, 0.05) is 42.7 Å².